The normalized spacial score (nSPS) is 24.8. The van der Waals surface area contributed by atoms with Gasteiger partial charge in [-0.1, -0.05) is 24.9 Å². The number of nitrogens with one attached hydrogen (secondary N) is 1. The molecule has 1 aromatic rings. The number of quaternary nitrogens is 1. The largest absolute Gasteiger partial charge is 1.00 e. The lowest BCUT2D eigenvalue weighted by molar-refractivity contribution is -0.930. The molecule has 2 aliphatic rings. The lowest BCUT2D eigenvalue weighted by atomic mass is 9.95. The molecule has 3 rings (SSSR count). The molecule has 0 aliphatic carbocycles. The predicted molar refractivity (Wildman–Crippen MR) is 116 cm³/mol. The Balaban J connectivity index is 0.00000210. The van der Waals surface area contributed by atoms with Gasteiger partial charge in [-0.3, -0.25) is 4.79 Å². The van der Waals surface area contributed by atoms with E-state index in [1.807, 2.05) is 6.92 Å². The second kappa shape index (κ2) is 10.2. The van der Waals surface area contributed by atoms with E-state index in [9.17, 15) is 4.79 Å². The number of halogens is 2. The minimum Gasteiger partial charge on any atom is -1.00 e. The monoisotopic (exact) mass is 533 g/mol. The van der Waals surface area contributed by atoms with Crippen LogP contribution in [0.3, 0.4) is 0 Å². The van der Waals surface area contributed by atoms with Gasteiger partial charge in [0, 0.05) is 37.8 Å². The molecule has 2 aliphatic heterocycles. The molecule has 7 heteroatoms. The Morgan fingerprint density at radius 1 is 1.31 bits per heavy atom. The number of piperidine rings is 1. The second-order valence-corrected chi connectivity index (χ2v) is 8.59. The van der Waals surface area contributed by atoms with Crippen LogP contribution in [0.5, 0.6) is 5.75 Å². The van der Waals surface area contributed by atoms with Gasteiger partial charge in [-0.15, -0.1) is 5.92 Å². The first-order valence-electron chi connectivity index (χ1n) is 9.54. The third-order valence-corrected chi connectivity index (χ3v) is 6.49. The fraction of sp³-hybridized carbons (Fsp3) is 0.591. The Hall–Kier alpha value is -1.17. The third-order valence-electron chi connectivity index (χ3n) is 6.16. The highest BCUT2D eigenvalue weighted by Crippen LogP contribution is 2.39. The molecule has 3 N–H and O–H groups in total. The first-order valence-corrected chi connectivity index (χ1v) is 9.92. The van der Waals surface area contributed by atoms with Crippen molar-refractivity contribution in [1.29, 1.82) is 0 Å². The molecule has 0 saturated carbocycles. The van der Waals surface area contributed by atoms with E-state index < -0.39 is 0 Å². The average Bonchev–Trinajstić information content (AvgIpc) is 2.75. The number of nitrogens with two attached hydrogens (primary N) is 1. The number of nitrogens with zero attached hydrogens (tertiary/aromatic N) is 1. The smallest absolute Gasteiger partial charge is 0.255 e. The van der Waals surface area contributed by atoms with Crippen molar-refractivity contribution in [2.75, 3.05) is 19.8 Å². The van der Waals surface area contributed by atoms with Crippen LogP contribution in [0.15, 0.2) is 12.1 Å². The highest BCUT2D eigenvalue weighted by molar-refractivity contribution is 6.33. The van der Waals surface area contributed by atoms with Crippen molar-refractivity contribution in [3.05, 3.63) is 22.7 Å². The summed E-state index contributed by atoms with van der Waals surface area (Å²) in [4.78, 5) is 13.0. The lowest BCUT2D eigenvalue weighted by Gasteiger charge is -2.44. The van der Waals surface area contributed by atoms with Gasteiger partial charge in [0.15, 0.2) is 6.10 Å². The molecule has 2 heterocycles. The molecule has 0 radical (unpaired) electrons. The van der Waals surface area contributed by atoms with E-state index in [-0.39, 0.29) is 49.5 Å². The number of ether oxygens (including phenoxy) is 1. The van der Waals surface area contributed by atoms with E-state index in [0.29, 0.717) is 34.1 Å². The zero-order valence-corrected chi connectivity index (χ0v) is 19.8. The Morgan fingerprint density at radius 3 is 2.45 bits per heavy atom. The van der Waals surface area contributed by atoms with Crippen LogP contribution in [0.2, 0.25) is 5.02 Å². The number of nitrogen functional groups attached to an aromatic ring is 1. The van der Waals surface area contributed by atoms with E-state index in [1.54, 1.807) is 19.1 Å². The van der Waals surface area contributed by atoms with E-state index in [4.69, 9.17) is 22.1 Å². The van der Waals surface area contributed by atoms with Crippen molar-refractivity contribution in [3.63, 3.8) is 0 Å². The van der Waals surface area contributed by atoms with Crippen molar-refractivity contribution < 1.29 is 38.0 Å². The van der Waals surface area contributed by atoms with Crippen LogP contribution >= 0.6 is 11.6 Å². The fourth-order valence-corrected chi connectivity index (χ4v) is 4.69. The summed E-state index contributed by atoms with van der Waals surface area (Å²) in [5, 5.41) is 3.55. The zero-order chi connectivity index (χ0) is 19.8. The summed E-state index contributed by atoms with van der Waals surface area (Å²) in [5.74, 6) is 5.99. The van der Waals surface area contributed by atoms with Crippen molar-refractivity contribution in [2.45, 2.75) is 71.2 Å². The van der Waals surface area contributed by atoms with Gasteiger partial charge in [-0.05, 0) is 19.9 Å². The van der Waals surface area contributed by atoms with Gasteiger partial charge in [0.2, 0.25) is 0 Å². The zero-order valence-electron chi connectivity index (χ0n) is 16.9. The molecule has 2 fully saturated rings. The molecule has 2 saturated heterocycles. The summed E-state index contributed by atoms with van der Waals surface area (Å²) in [7, 11) is 4.62. The van der Waals surface area contributed by atoms with Crippen molar-refractivity contribution in [2.24, 2.45) is 0 Å². The maximum absolute atomic E-state index is 13.0. The van der Waals surface area contributed by atoms with E-state index >= 15 is 0 Å². The Kier molecular flexibility index (Phi) is 9.12. The number of hydrogen-bond donors (Lipinski definition) is 2. The van der Waals surface area contributed by atoms with Crippen LogP contribution in [0.25, 0.3) is 0 Å². The number of carbonyl (C=O) groups is 1. The van der Waals surface area contributed by atoms with E-state index in [1.165, 1.54) is 12.8 Å². The summed E-state index contributed by atoms with van der Waals surface area (Å²) in [6.07, 6.45) is 4.14. The molecular weight excluding hydrogens is 501 g/mol. The van der Waals surface area contributed by atoms with Crippen molar-refractivity contribution in [3.8, 4) is 17.6 Å². The average molecular weight is 534 g/mol. The summed E-state index contributed by atoms with van der Waals surface area (Å²) in [6, 6.07) is 4.60. The predicted octanol–water partition coefficient (Wildman–Crippen LogP) is 0.853. The molecule has 162 valence electrons. The third kappa shape index (κ3) is 5.50. The van der Waals surface area contributed by atoms with Gasteiger partial charge in [0.1, 0.15) is 5.75 Å². The van der Waals surface area contributed by atoms with Gasteiger partial charge in [-0.25, -0.2) is 0 Å². The van der Waals surface area contributed by atoms with Crippen LogP contribution < -0.4 is 39.8 Å². The molecule has 2 bridgehead atoms. The maximum Gasteiger partial charge on any atom is 0.255 e. The first-order chi connectivity index (χ1) is 12.7. The van der Waals surface area contributed by atoms with Crippen molar-refractivity contribution in [1.82, 2.24) is 5.32 Å². The summed E-state index contributed by atoms with van der Waals surface area (Å²) in [5.41, 5.74) is 6.71. The fourth-order valence-electron chi connectivity index (χ4n) is 4.53. The van der Waals surface area contributed by atoms with Crippen LogP contribution in [-0.2, 0) is 0 Å². The Labute approximate surface area is 197 Å². The topological polar surface area (TPSA) is 64.3 Å². The number of rotatable bonds is 4. The van der Waals surface area contributed by atoms with Gasteiger partial charge in [0.25, 0.3) is 5.91 Å². The number of carbonyl (C=O) groups excluding carboxylic acids is 1. The van der Waals surface area contributed by atoms with Crippen LogP contribution in [0.1, 0.15) is 57.3 Å². The molecule has 3 atom stereocenters. The molecular formula is C22H33ClIN3O2. The second-order valence-electron chi connectivity index (χ2n) is 8.18. The highest BCUT2D eigenvalue weighted by Gasteiger charge is 2.49. The van der Waals surface area contributed by atoms with E-state index in [0.717, 1.165) is 17.3 Å². The molecule has 1 aromatic carbocycles. The minimum absolute atomic E-state index is 0. The Morgan fingerprint density at radius 2 is 1.90 bits per heavy atom. The van der Waals surface area contributed by atoms with E-state index in [2.05, 4.69) is 31.3 Å². The molecule has 5 nitrogen and oxygen atoms in total. The summed E-state index contributed by atoms with van der Waals surface area (Å²) < 4.78 is 6.91. The SMILES string of the molecule is C.CC#C[C@H](C)Oc1cc(N)c(Cl)cc1C(=O)NC1CC2CCC(C1)[N+]2(C)C.[I-]. The quantitative estimate of drug-likeness (QED) is 0.261. The van der Waals surface area contributed by atoms with Crippen molar-refractivity contribution >= 4 is 23.2 Å². The highest BCUT2D eigenvalue weighted by atomic mass is 127. The molecule has 2 unspecified atom stereocenters. The number of hydrogen-bond acceptors (Lipinski definition) is 3. The number of fused-ring (bicyclic) bond motifs is 2. The number of benzene rings is 1. The lowest BCUT2D eigenvalue weighted by Crippen LogP contribution is -3.00. The molecule has 1 amide bonds. The standard InChI is InChI=1S/C21H28ClN3O2.CH4.HI/c1-5-6-13(2)27-20-12-19(23)18(22)11-17(20)21(26)24-14-9-15-7-8-16(10-14)25(15,3)4;;/h11-16H,7-10H2,1-4H3,(H2-,23,24,26);1H4;1H/t13-,14?,15?,16?;;/m0../s1. The summed E-state index contributed by atoms with van der Waals surface area (Å²) in [6.45, 7) is 3.59. The maximum atomic E-state index is 13.0. The molecule has 0 aromatic heterocycles. The van der Waals surface area contributed by atoms with Gasteiger partial charge >= 0.3 is 0 Å². The molecule has 0 spiro atoms. The first kappa shape index (κ1) is 25.9. The number of amides is 1. The van der Waals surface area contributed by atoms with Crippen LogP contribution in [0.4, 0.5) is 5.69 Å². The van der Waals surface area contributed by atoms with Gasteiger partial charge in [-0.2, -0.15) is 0 Å². The van der Waals surface area contributed by atoms with Gasteiger partial charge in [0.05, 0.1) is 42.5 Å². The van der Waals surface area contributed by atoms with Crippen LogP contribution in [-0.4, -0.2) is 48.7 Å². The number of anilines is 1. The minimum atomic E-state index is -0.342. The summed E-state index contributed by atoms with van der Waals surface area (Å²) >= 11 is 6.17. The van der Waals surface area contributed by atoms with Crippen LogP contribution in [0, 0.1) is 11.8 Å². The van der Waals surface area contributed by atoms with Gasteiger partial charge < -0.3 is 44.2 Å². The molecule has 29 heavy (non-hydrogen) atoms. The Bertz CT molecular complexity index is 787.